The Morgan fingerprint density at radius 2 is 1.74 bits per heavy atom. The molecule has 2 fully saturated rings. The van der Waals surface area contributed by atoms with Crippen molar-refractivity contribution in [3.05, 3.63) is 53.5 Å². The zero-order chi connectivity index (χ0) is 20.1. The van der Waals surface area contributed by atoms with Crippen molar-refractivity contribution in [1.82, 2.24) is 19.9 Å². The monoisotopic (exact) mass is 461 g/mol. The molecule has 0 radical (unpaired) electrons. The zero-order valence-electron chi connectivity index (χ0n) is 18.3. The van der Waals surface area contributed by atoms with E-state index in [0.29, 0.717) is 17.9 Å². The summed E-state index contributed by atoms with van der Waals surface area (Å²) in [5.41, 5.74) is 4.36. The van der Waals surface area contributed by atoms with Crippen LogP contribution in [0.5, 0.6) is 5.75 Å². The summed E-state index contributed by atoms with van der Waals surface area (Å²) < 4.78 is 5.34. The summed E-state index contributed by atoms with van der Waals surface area (Å²) in [7, 11) is 3.96. The van der Waals surface area contributed by atoms with Gasteiger partial charge in [-0.15, -0.1) is 24.8 Å². The van der Waals surface area contributed by atoms with Crippen LogP contribution < -0.4 is 9.64 Å². The molecular weight excluding hydrogens is 433 g/mol. The number of methoxy groups -OCH3 is 1. The molecule has 166 valence electrons. The highest BCUT2D eigenvalue weighted by Crippen LogP contribution is 2.45. The zero-order valence-corrected chi connectivity index (χ0v) is 19.9. The molecule has 4 heterocycles. The molecule has 0 aliphatic carbocycles. The highest BCUT2D eigenvalue weighted by Gasteiger charge is 2.46. The molecule has 0 N–H and O–H groups in total. The number of hydrogen-bond acceptors (Lipinski definition) is 6. The second-order valence-electron chi connectivity index (χ2n) is 8.46. The SMILES string of the molecule is COc1ccc([C@@H]2[C@@H]3CN(c4ncnc5nc(C)cc(C)c45)C[C@@H]3CN2C)cc1.Cl.Cl. The van der Waals surface area contributed by atoms with Crippen molar-refractivity contribution in [2.75, 3.05) is 38.7 Å². The first-order valence-electron chi connectivity index (χ1n) is 10.2. The highest BCUT2D eigenvalue weighted by atomic mass is 35.5. The van der Waals surface area contributed by atoms with Crippen molar-refractivity contribution < 1.29 is 4.74 Å². The smallest absolute Gasteiger partial charge is 0.165 e. The van der Waals surface area contributed by atoms with Crippen molar-refractivity contribution in [3.8, 4) is 5.75 Å². The maximum atomic E-state index is 5.34. The van der Waals surface area contributed by atoms with E-state index in [1.54, 1.807) is 13.4 Å². The lowest BCUT2D eigenvalue weighted by Crippen LogP contribution is -2.29. The number of likely N-dealkylation sites (tertiary alicyclic amines) is 1. The predicted octanol–water partition coefficient (Wildman–Crippen LogP) is 4.23. The lowest BCUT2D eigenvalue weighted by molar-refractivity contribution is 0.279. The van der Waals surface area contributed by atoms with Crippen molar-refractivity contribution in [2.24, 2.45) is 11.8 Å². The number of pyridine rings is 1. The Morgan fingerprint density at radius 3 is 2.45 bits per heavy atom. The van der Waals surface area contributed by atoms with Gasteiger partial charge < -0.3 is 9.64 Å². The first kappa shape index (κ1) is 23.5. The number of aryl methyl sites for hydroxylation is 2. The molecule has 3 aromatic rings. The van der Waals surface area contributed by atoms with Crippen molar-refractivity contribution >= 4 is 41.7 Å². The van der Waals surface area contributed by atoms with Crippen LogP contribution in [0.2, 0.25) is 0 Å². The highest BCUT2D eigenvalue weighted by molar-refractivity contribution is 5.90. The summed E-state index contributed by atoms with van der Waals surface area (Å²) in [4.78, 5) is 18.7. The van der Waals surface area contributed by atoms with Crippen LogP contribution in [0.4, 0.5) is 5.82 Å². The van der Waals surface area contributed by atoms with Crippen LogP contribution in [0, 0.1) is 25.7 Å². The second-order valence-corrected chi connectivity index (χ2v) is 8.46. The summed E-state index contributed by atoms with van der Waals surface area (Å²) in [5.74, 6) is 3.16. The average molecular weight is 462 g/mol. The molecule has 2 aliphatic rings. The lowest BCUT2D eigenvalue weighted by atomic mass is 9.89. The molecule has 3 atom stereocenters. The minimum atomic E-state index is 0. The minimum Gasteiger partial charge on any atom is -0.497 e. The van der Waals surface area contributed by atoms with E-state index < -0.39 is 0 Å². The van der Waals surface area contributed by atoms with Gasteiger partial charge in [0, 0.05) is 37.3 Å². The van der Waals surface area contributed by atoms with Crippen molar-refractivity contribution in [1.29, 1.82) is 0 Å². The molecule has 0 amide bonds. The Balaban J connectivity index is 0.00000136. The topological polar surface area (TPSA) is 54.4 Å². The predicted molar refractivity (Wildman–Crippen MR) is 129 cm³/mol. The largest absolute Gasteiger partial charge is 0.497 e. The molecule has 31 heavy (non-hydrogen) atoms. The molecule has 0 unspecified atom stereocenters. The summed E-state index contributed by atoms with van der Waals surface area (Å²) in [6.45, 7) is 7.29. The Hall–Kier alpha value is -2.15. The van der Waals surface area contributed by atoms with Gasteiger partial charge in [0.25, 0.3) is 0 Å². The van der Waals surface area contributed by atoms with Crippen LogP contribution in [0.15, 0.2) is 36.7 Å². The van der Waals surface area contributed by atoms with E-state index in [9.17, 15) is 0 Å². The third-order valence-corrected chi connectivity index (χ3v) is 6.56. The number of fused-ring (bicyclic) bond motifs is 2. The fourth-order valence-electron chi connectivity index (χ4n) is 5.36. The van der Waals surface area contributed by atoms with Crippen LogP contribution in [0.1, 0.15) is 22.9 Å². The quantitative estimate of drug-likeness (QED) is 0.581. The number of aromatic nitrogens is 3. The Morgan fingerprint density at radius 1 is 1.00 bits per heavy atom. The fourth-order valence-corrected chi connectivity index (χ4v) is 5.36. The van der Waals surface area contributed by atoms with Crippen LogP contribution in [0.3, 0.4) is 0 Å². The molecule has 6 nitrogen and oxygen atoms in total. The van der Waals surface area contributed by atoms with Gasteiger partial charge >= 0.3 is 0 Å². The lowest BCUT2D eigenvalue weighted by Gasteiger charge is -2.27. The van der Waals surface area contributed by atoms with E-state index in [1.807, 2.05) is 6.92 Å². The number of nitrogens with zero attached hydrogens (tertiary/aromatic N) is 5. The first-order valence-corrected chi connectivity index (χ1v) is 10.2. The van der Waals surface area contributed by atoms with Gasteiger partial charge in [-0.25, -0.2) is 15.0 Å². The molecule has 8 heteroatoms. The van der Waals surface area contributed by atoms with Gasteiger partial charge in [-0.05, 0) is 56.1 Å². The second kappa shape index (κ2) is 9.15. The third-order valence-electron chi connectivity index (χ3n) is 6.56. The van der Waals surface area contributed by atoms with Crippen LogP contribution in [-0.4, -0.2) is 53.6 Å². The number of halogens is 2. The fraction of sp³-hybridized carbons (Fsp3) is 0.435. The summed E-state index contributed by atoms with van der Waals surface area (Å²) in [6.07, 6.45) is 1.66. The third kappa shape index (κ3) is 4.04. The number of ether oxygens (including phenoxy) is 1. The first-order chi connectivity index (χ1) is 14.0. The van der Waals surface area contributed by atoms with Gasteiger partial charge in [0.05, 0.1) is 12.5 Å². The number of hydrogen-bond donors (Lipinski definition) is 0. The van der Waals surface area contributed by atoms with Gasteiger partial charge in [-0.3, -0.25) is 4.90 Å². The van der Waals surface area contributed by atoms with E-state index in [0.717, 1.165) is 47.9 Å². The maximum Gasteiger partial charge on any atom is 0.165 e. The number of benzene rings is 1. The van der Waals surface area contributed by atoms with E-state index in [1.165, 1.54) is 11.1 Å². The minimum absolute atomic E-state index is 0. The van der Waals surface area contributed by atoms with Crippen LogP contribution in [-0.2, 0) is 0 Å². The Bertz CT molecular complexity index is 1060. The molecule has 0 bridgehead atoms. The van der Waals surface area contributed by atoms with Crippen molar-refractivity contribution in [2.45, 2.75) is 19.9 Å². The normalized spacial score (nSPS) is 22.7. The number of anilines is 1. The van der Waals surface area contributed by atoms with Gasteiger partial charge in [0.15, 0.2) is 5.65 Å². The van der Waals surface area contributed by atoms with Crippen LogP contribution in [0.25, 0.3) is 11.0 Å². The summed E-state index contributed by atoms with van der Waals surface area (Å²) in [6, 6.07) is 11.1. The standard InChI is InChI=1S/C23H27N5O.2ClH/c1-14-9-15(2)26-22-20(14)23(25-13-24-22)28-11-17-10-27(3)21(19(17)12-28)16-5-7-18(29-4)8-6-16;;/h5-9,13,17,19,21H,10-12H2,1-4H3;2*1H/t17-,19+,21+;;/m0../s1. The Labute approximate surface area is 195 Å². The van der Waals surface area contributed by atoms with E-state index in [2.05, 4.69) is 64.1 Å². The summed E-state index contributed by atoms with van der Waals surface area (Å²) >= 11 is 0. The van der Waals surface area contributed by atoms with E-state index in [-0.39, 0.29) is 24.8 Å². The van der Waals surface area contributed by atoms with Crippen LogP contribution >= 0.6 is 24.8 Å². The Kier molecular flexibility index (Phi) is 6.94. The molecular formula is C23H29Cl2N5O. The van der Waals surface area contributed by atoms with Gasteiger partial charge in [-0.2, -0.15) is 0 Å². The van der Waals surface area contributed by atoms with E-state index in [4.69, 9.17) is 9.72 Å². The van der Waals surface area contributed by atoms with Gasteiger partial charge in [0.2, 0.25) is 0 Å². The van der Waals surface area contributed by atoms with E-state index >= 15 is 0 Å². The molecule has 5 rings (SSSR count). The average Bonchev–Trinajstić information content (AvgIpc) is 3.24. The molecule has 1 aromatic carbocycles. The maximum absolute atomic E-state index is 5.34. The van der Waals surface area contributed by atoms with Gasteiger partial charge in [0.1, 0.15) is 17.9 Å². The molecule has 2 saturated heterocycles. The molecule has 2 aliphatic heterocycles. The molecule has 2 aromatic heterocycles. The molecule has 0 saturated carbocycles. The van der Waals surface area contributed by atoms with Crippen molar-refractivity contribution in [3.63, 3.8) is 0 Å². The van der Waals surface area contributed by atoms with Gasteiger partial charge in [-0.1, -0.05) is 12.1 Å². The number of rotatable bonds is 3. The molecule has 0 spiro atoms. The summed E-state index contributed by atoms with van der Waals surface area (Å²) in [5, 5.41) is 1.09.